The van der Waals surface area contributed by atoms with Gasteiger partial charge in [-0.15, -0.1) is 10.2 Å². The van der Waals surface area contributed by atoms with E-state index < -0.39 is 17.8 Å². The molecule has 144 valence electrons. The summed E-state index contributed by atoms with van der Waals surface area (Å²) in [5.74, 6) is -0.248. The number of hydrogen-bond acceptors (Lipinski definition) is 4. The molecule has 0 aliphatic rings. The Morgan fingerprint density at radius 3 is 2.31 bits per heavy atom. The Kier molecular flexibility index (Phi) is 5.35. The fraction of sp³-hybridized carbons (Fsp3) is 0.0455. The summed E-state index contributed by atoms with van der Waals surface area (Å²) in [4.78, 5) is 12.7. The van der Waals surface area contributed by atoms with Crippen LogP contribution in [0, 0.1) is 5.82 Å². The molecule has 5 nitrogen and oxygen atoms in total. The van der Waals surface area contributed by atoms with E-state index in [9.17, 15) is 9.18 Å². The number of rotatable bonds is 5. The summed E-state index contributed by atoms with van der Waals surface area (Å²) >= 11 is 5.99. The lowest BCUT2D eigenvalue weighted by Crippen LogP contribution is -2.29. The maximum Gasteiger partial charge on any atom is 0.252 e. The number of aromatic nitrogens is 2. The smallest absolute Gasteiger partial charge is 0.252 e. The number of carbonyl (C=O) groups is 1. The average molecular weight is 408 g/mol. The minimum Gasteiger partial charge on any atom is -0.418 e. The van der Waals surface area contributed by atoms with Crippen molar-refractivity contribution in [2.24, 2.45) is 0 Å². The van der Waals surface area contributed by atoms with Gasteiger partial charge >= 0.3 is 0 Å². The van der Waals surface area contributed by atoms with Crippen LogP contribution in [0.15, 0.2) is 83.3 Å². The van der Waals surface area contributed by atoms with Crippen LogP contribution in [-0.2, 0) is 0 Å². The Morgan fingerprint density at radius 2 is 1.62 bits per heavy atom. The molecule has 0 radical (unpaired) electrons. The van der Waals surface area contributed by atoms with Gasteiger partial charge in [0.2, 0.25) is 11.8 Å². The SMILES string of the molecule is O=C(NC(c1ccc(Cl)cc1)c1nnc(-c2ccccc2)o1)c1ccc(F)cc1. The first kappa shape index (κ1) is 18.8. The topological polar surface area (TPSA) is 68.0 Å². The van der Waals surface area contributed by atoms with E-state index in [0.29, 0.717) is 22.0 Å². The van der Waals surface area contributed by atoms with Gasteiger partial charge < -0.3 is 9.73 Å². The van der Waals surface area contributed by atoms with E-state index in [0.717, 1.165) is 5.56 Å². The Labute approximate surface area is 171 Å². The molecule has 0 spiro atoms. The molecule has 0 fully saturated rings. The van der Waals surface area contributed by atoms with Crippen molar-refractivity contribution in [3.63, 3.8) is 0 Å². The molecular weight excluding hydrogens is 393 g/mol. The van der Waals surface area contributed by atoms with Gasteiger partial charge in [0.25, 0.3) is 5.91 Å². The minimum atomic E-state index is -0.699. The van der Waals surface area contributed by atoms with Crippen LogP contribution < -0.4 is 5.32 Å². The second kappa shape index (κ2) is 8.24. The molecule has 0 saturated heterocycles. The molecule has 0 aliphatic carbocycles. The molecule has 1 unspecified atom stereocenters. The summed E-state index contributed by atoms with van der Waals surface area (Å²) in [7, 11) is 0. The number of carbonyl (C=O) groups excluding carboxylic acids is 1. The quantitative estimate of drug-likeness (QED) is 0.502. The van der Waals surface area contributed by atoms with Gasteiger partial charge in [0, 0.05) is 16.1 Å². The molecule has 0 saturated carbocycles. The van der Waals surface area contributed by atoms with Gasteiger partial charge in [-0.2, -0.15) is 0 Å². The Hall–Kier alpha value is -3.51. The van der Waals surface area contributed by atoms with E-state index in [1.54, 1.807) is 24.3 Å². The molecule has 1 heterocycles. The number of halogens is 2. The van der Waals surface area contributed by atoms with Gasteiger partial charge in [-0.3, -0.25) is 4.79 Å². The minimum absolute atomic E-state index is 0.224. The van der Waals surface area contributed by atoms with Gasteiger partial charge in [-0.25, -0.2) is 4.39 Å². The molecule has 1 amide bonds. The van der Waals surface area contributed by atoms with Crippen molar-refractivity contribution in [1.29, 1.82) is 0 Å². The van der Waals surface area contributed by atoms with Crippen molar-refractivity contribution >= 4 is 17.5 Å². The zero-order chi connectivity index (χ0) is 20.2. The summed E-state index contributed by atoms with van der Waals surface area (Å²) in [6.45, 7) is 0. The van der Waals surface area contributed by atoms with Crippen molar-refractivity contribution in [3.8, 4) is 11.5 Å². The molecule has 1 aromatic heterocycles. The molecule has 0 aliphatic heterocycles. The lowest BCUT2D eigenvalue weighted by molar-refractivity contribution is 0.0938. The van der Waals surface area contributed by atoms with Crippen LogP contribution in [0.4, 0.5) is 4.39 Å². The lowest BCUT2D eigenvalue weighted by Gasteiger charge is -2.16. The number of nitrogens with one attached hydrogen (secondary N) is 1. The molecular formula is C22H15ClFN3O2. The monoisotopic (exact) mass is 407 g/mol. The van der Waals surface area contributed by atoms with Crippen molar-refractivity contribution in [3.05, 3.63) is 107 Å². The molecule has 0 bridgehead atoms. The number of nitrogens with zero attached hydrogens (tertiary/aromatic N) is 2. The van der Waals surface area contributed by atoms with E-state index in [1.165, 1.54) is 24.3 Å². The maximum atomic E-state index is 13.2. The highest BCUT2D eigenvalue weighted by Crippen LogP contribution is 2.26. The summed E-state index contributed by atoms with van der Waals surface area (Å²) in [6, 6.07) is 20.9. The Bertz CT molecular complexity index is 1110. The number of amides is 1. The van der Waals surface area contributed by atoms with Crippen LogP contribution >= 0.6 is 11.6 Å². The Morgan fingerprint density at radius 1 is 0.931 bits per heavy atom. The van der Waals surface area contributed by atoms with Crippen molar-refractivity contribution in [1.82, 2.24) is 15.5 Å². The largest absolute Gasteiger partial charge is 0.418 e. The zero-order valence-corrected chi connectivity index (χ0v) is 15.8. The van der Waals surface area contributed by atoms with E-state index in [2.05, 4.69) is 15.5 Å². The van der Waals surface area contributed by atoms with Gasteiger partial charge in [0.1, 0.15) is 11.9 Å². The third-order valence-electron chi connectivity index (χ3n) is 4.29. The van der Waals surface area contributed by atoms with Crippen LogP contribution in [-0.4, -0.2) is 16.1 Å². The van der Waals surface area contributed by atoms with Crippen LogP contribution in [0.1, 0.15) is 27.9 Å². The Balaban J connectivity index is 1.67. The highest BCUT2D eigenvalue weighted by molar-refractivity contribution is 6.30. The highest BCUT2D eigenvalue weighted by Gasteiger charge is 2.24. The van der Waals surface area contributed by atoms with Crippen molar-refractivity contribution in [2.45, 2.75) is 6.04 Å². The second-order valence-electron chi connectivity index (χ2n) is 6.28. The third-order valence-corrected chi connectivity index (χ3v) is 4.55. The summed E-state index contributed by atoms with van der Waals surface area (Å²) in [5.41, 5.74) is 1.80. The van der Waals surface area contributed by atoms with Gasteiger partial charge in [0.05, 0.1) is 0 Å². The van der Waals surface area contributed by atoms with Crippen LogP contribution in [0.25, 0.3) is 11.5 Å². The molecule has 3 aromatic carbocycles. The van der Waals surface area contributed by atoms with Gasteiger partial charge in [-0.1, -0.05) is 41.9 Å². The fourth-order valence-electron chi connectivity index (χ4n) is 2.81. The predicted molar refractivity (Wildman–Crippen MR) is 107 cm³/mol. The van der Waals surface area contributed by atoms with Crippen molar-refractivity contribution in [2.75, 3.05) is 0 Å². The normalized spacial score (nSPS) is 11.8. The molecule has 4 rings (SSSR count). The summed E-state index contributed by atoms with van der Waals surface area (Å²) in [6.07, 6.45) is 0. The zero-order valence-electron chi connectivity index (χ0n) is 15.0. The summed E-state index contributed by atoms with van der Waals surface area (Å²) in [5, 5.41) is 11.7. The number of hydrogen-bond donors (Lipinski definition) is 1. The van der Waals surface area contributed by atoms with Crippen LogP contribution in [0.2, 0.25) is 5.02 Å². The molecule has 4 aromatic rings. The molecule has 29 heavy (non-hydrogen) atoms. The third kappa shape index (κ3) is 4.33. The van der Waals surface area contributed by atoms with Gasteiger partial charge in [0.15, 0.2) is 0 Å². The first-order valence-electron chi connectivity index (χ1n) is 8.81. The first-order chi connectivity index (χ1) is 14.1. The maximum absolute atomic E-state index is 13.2. The molecule has 1 atom stereocenters. The summed E-state index contributed by atoms with van der Waals surface area (Å²) < 4.78 is 19.0. The van der Waals surface area contributed by atoms with Crippen LogP contribution in [0.3, 0.4) is 0 Å². The van der Waals surface area contributed by atoms with E-state index >= 15 is 0 Å². The first-order valence-corrected chi connectivity index (χ1v) is 9.18. The van der Waals surface area contributed by atoms with E-state index in [1.807, 2.05) is 30.3 Å². The molecule has 7 heteroatoms. The van der Waals surface area contributed by atoms with Gasteiger partial charge in [-0.05, 0) is 54.1 Å². The highest BCUT2D eigenvalue weighted by atomic mass is 35.5. The average Bonchev–Trinajstić information content (AvgIpc) is 3.24. The van der Waals surface area contributed by atoms with E-state index in [4.69, 9.17) is 16.0 Å². The second-order valence-corrected chi connectivity index (χ2v) is 6.71. The predicted octanol–water partition coefficient (Wildman–Crippen LogP) is 5.05. The fourth-order valence-corrected chi connectivity index (χ4v) is 2.93. The van der Waals surface area contributed by atoms with Crippen molar-refractivity contribution < 1.29 is 13.6 Å². The molecule has 1 N–H and O–H groups in total. The van der Waals surface area contributed by atoms with Crippen LogP contribution in [0.5, 0.6) is 0 Å². The van der Waals surface area contributed by atoms with E-state index in [-0.39, 0.29) is 5.89 Å². The standard InChI is InChI=1S/C22H15ClFN3O2/c23-17-10-6-14(7-11-17)19(25-20(28)15-8-12-18(24)13-9-15)22-27-26-21(29-22)16-4-2-1-3-5-16/h1-13,19H,(H,25,28). The lowest BCUT2D eigenvalue weighted by atomic mass is 10.1. The number of benzene rings is 3.